The van der Waals surface area contributed by atoms with Gasteiger partial charge in [-0.25, -0.2) is 4.39 Å². The van der Waals surface area contributed by atoms with Crippen molar-refractivity contribution in [3.05, 3.63) is 53.6 Å². The number of nitrogens with zero attached hydrogens (tertiary/aromatic N) is 3. The summed E-state index contributed by atoms with van der Waals surface area (Å²) in [5.41, 5.74) is 1.43. The Balaban J connectivity index is 1.61. The van der Waals surface area contributed by atoms with Gasteiger partial charge in [-0.2, -0.15) is 5.10 Å². The number of aliphatic hydroxyl groups excluding tert-OH is 1. The molecule has 0 unspecified atom stereocenters. The molecule has 0 radical (unpaired) electrons. The van der Waals surface area contributed by atoms with Crippen LogP contribution in [0.15, 0.2) is 36.7 Å². The van der Waals surface area contributed by atoms with Crippen LogP contribution in [-0.4, -0.2) is 44.9 Å². The molecule has 1 saturated heterocycles. The minimum absolute atomic E-state index is 0.0363. The standard InChI is InChI=1S/C18H22FN3O2/c1-2-22-11-15(10-20-22)18(24)21-7-6-14(17(23)12-21)8-13-4-3-5-16(19)9-13/h3-5,9-11,14,17,23H,2,6-8,12H2,1H3/t14-,17+/m1/s1. The molecule has 0 bridgehead atoms. The second-order valence-electron chi connectivity index (χ2n) is 6.29. The van der Waals surface area contributed by atoms with Gasteiger partial charge in [0.05, 0.1) is 17.9 Å². The van der Waals surface area contributed by atoms with Crippen molar-refractivity contribution >= 4 is 5.91 Å². The molecule has 1 amide bonds. The third kappa shape index (κ3) is 3.64. The molecule has 1 aromatic heterocycles. The zero-order chi connectivity index (χ0) is 17.1. The molecule has 5 nitrogen and oxygen atoms in total. The normalized spacial score (nSPS) is 21.0. The highest BCUT2D eigenvalue weighted by molar-refractivity contribution is 5.93. The highest BCUT2D eigenvalue weighted by Gasteiger charge is 2.31. The average molecular weight is 331 g/mol. The van der Waals surface area contributed by atoms with Gasteiger partial charge in [-0.1, -0.05) is 12.1 Å². The average Bonchev–Trinajstić information content (AvgIpc) is 3.05. The number of halogens is 1. The quantitative estimate of drug-likeness (QED) is 0.933. The lowest BCUT2D eigenvalue weighted by molar-refractivity contribution is 0.0198. The van der Waals surface area contributed by atoms with E-state index < -0.39 is 6.10 Å². The van der Waals surface area contributed by atoms with Gasteiger partial charge in [0.1, 0.15) is 5.82 Å². The Hall–Kier alpha value is -2.21. The van der Waals surface area contributed by atoms with E-state index >= 15 is 0 Å². The number of β-amino-alcohol motifs (C(OH)–C–C–N with tert-alkyl or cyclic N) is 1. The fraction of sp³-hybridized carbons (Fsp3) is 0.444. The summed E-state index contributed by atoms with van der Waals surface area (Å²) in [4.78, 5) is 14.2. The Kier molecular flexibility index (Phi) is 4.94. The topological polar surface area (TPSA) is 58.4 Å². The predicted molar refractivity (Wildman–Crippen MR) is 88.0 cm³/mol. The summed E-state index contributed by atoms with van der Waals surface area (Å²) >= 11 is 0. The van der Waals surface area contributed by atoms with Crippen molar-refractivity contribution in [3.8, 4) is 0 Å². The summed E-state index contributed by atoms with van der Waals surface area (Å²) < 4.78 is 15.0. The molecule has 2 heterocycles. The van der Waals surface area contributed by atoms with Gasteiger partial charge < -0.3 is 10.0 Å². The van der Waals surface area contributed by atoms with Crippen LogP contribution < -0.4 is 0 Å². The van der Waals surface area contributed by atoms with Crippen LogP contribution in [0, 0.1) is 11.7 Å². The van der Waals surface area contributed by atoms with Crippen molar-refractivity contribution in [1.82, 2.24) is 14.7 Å². The SMILES string of the molecule is CCn1cc(C(=O)N2CC[C@H](Cc3cccc(F)c3)[C@@H](O)C2)cn1. The van der Waals surface area contributed by atoms with Crippen LogP contribution in [0.4, 0.5) is 4.39 Å². The number of aliphatic hydroxyl groups is 1. The van der Waals surface area contributed by atoms with Crippen molar-refractivity contribution < 1.29 is 14.3 Å². The largest absolute Gasteiger partial charge is 0.391 e. The summed E-state index contributed by atoms with van der Waals surface area (Å²) in [6.07, 6.45) is 4.01. The summed E-state index contributed by atoms with van der Waals surface area (Å²) in [5, 5.41) is 14.5. The van der Waals surface area contributed by atoms with E-state index in [0.717, 1.165) is 5.56 Å². The number of hydrogen-bond donors (Lipinski definition) is 1. The number of hydrogen-bond acceptors (Lipinski definition) is 3. The van der Waals surface area contributed by atoms with Gasteiger partial charge in [0.15, 0.2) is 0 Å². The molecule has 1 fully saturated rings. The summed E-state index contributed by atoms with van der Waals surface area (Å²) in [6, 6.07) is 6.47. The number of carbonyl (C=O) groups is 1. The van der Waals surface area contributed by atoms with Gasteiger partial charge in [-0.3, -0.25) is 9.48 Å². The second-order valence-corrected chi connectivity index (χ2v) is 6.29. The summed E-state index contributed by atoms with van der Waals surface area (Å²) in [7, 11) is 0. The van der Waals surface area contributed by atoms with Crippen LogP contribution in [0.1, 0.15) is 29.3 Å². The second kappa shape index (κ2) is 7.13. The first-order chi connectivity index (χ1) is 11.6. The molecule has 6 heteroatoms. The van der Waals surface area contributed by atoms with Crippen LogP contribution in [0.2, 0.25) is 0 Å². The van der Waals surface area contributed by atoms with E-state index in [0.29, 0.717) is 38.0 Å². The number of rotatable bonds is 4. The van der Waals surface area contributed by atoms with Crippen molar-refractivity contribution in [2.24, 2.45) is 5.92 Å². The number of piperidine rings is 1. The third-order valence-electron chi connectivity index (χ3n) is 4.60. The molecule has 2 aromatic rings. The first-order valence-corrected chi connectivity index (χ1v) is 8.31. The Morgan fingerprint density at radius 2 is 2.29 bits per heavy atom. The molecule has 0 aliphatic carbocycles. The molecule has 1 aliphatic rings. The smallest absolute Gasteiger partial charge is 0.257 e. The third-order valence-corrected chi connectivity index (χ3v) is 4.60. The maximum absolute atomic E-state index is 13.3. The van der Waals surface area contributed by atoms with E-state index in [4.69, 9.17) is 0 Å². The summed E-state index contributed by atoms with van der Waals surface area (Å²) in [6.45, 7) is 3.57. The lowest BCUT2D eigenvalue weighted by Gasteiger charge is -2.36. The van der Waals surface area contributed by atoms with Crippen LogP contribution >= 0.6 is 0 Å². The zero-order valence-electron chi connectivity index (χ0n) is 13.7. The van der Waals surface area contributed by atoms with Gasteiger partial charge >= 0.3 is 0 Å². The lowest BCUT2D eigenvalue weighted by atomic mass is 9.87. The Bertz CT molecular complexity index is 716. The zero-order valence-corrected chi connectivity index (χ0v) is 13.7. The first-order valence-electron chi connectivity index (χ1n) is 8.31. The number of carbonyl (C=O) groups excluding carboxylic acids is 1. The van der Waals surface area contributed by atoms with E-state index in [2.05, 4.69) is 5.10 Å². The van der Waals surface area contributed by atoms with E-state index in [9.17, 15) is 14.3 Å². The van der Waals surface area contributed by atoms with E-state index in [1.807, 2.05) is 13.0 Å². The van der Waals surface area contributed by atoms with Gasteiger partial charge in [-0.15, -0.1) is 0 Å². The van der Waals surface area contributed by atoms with Gasteiger partial charge in [-0.05, 0) is 43.4 Å². The lowest BCUT2D eigenvalue weighted by Crippen LogP contribution is -2.47. The first kappa shape index (κ1) is 16.6. The minimum atomic E-state index is -0.604. The van der Waals surface area contributed by atoms with Gasteiger partial charge in [0.25, 0.3) is 5.91 Å². The predicted octanol–water partition coefficient (Wildman–Crippen LogP) is 2.11. The van der Waals surface area contributed by atoms with Crippen molar-refractivity contribution in [2.75, 3.05) is 13.1 Å². The van der Waals surface area contributed by atoms with E-state index in [-0.39, 0.29) is 17.6 Å². The molecule has 2 atom stereocenters. The highest BCUT2D eigenvalue weighted by Crippen LogP contribution is 2.23. The number of benzene rings is 1. The van der Waals surface area contributed by atoms with E-state index in [1.54, 1.807) is 28.0 Å². The van der Waals surface area contributed by atoms with Gasteiger partial charge in [0, 0.05) is 25.8 Å². The highest BCUT2D eigenvalue weighted by atomic mass is 19.1. The number of aryl methyl sites for hydroxylation is 1. The molecular formula is C18H22FN3O2. The molecule has 0 saturated carbocycles. The molecule has 24 heavy (non-hydrogen) atoms. The number of amides is 1. The number of aromatic nitrogens is 2. The van der Waals surface area contributed by atoms with Crippen molar-refractivity contribution in [1.29, 1.82) is 0 Å². The fourth-order valence-corrected chi connectivity index (χ4v) is 3.20. The van der Waals surface area contributed by atoms with Crippen molar-refractivity contribution in [3.63, 3.8) is 0 Å². The van der Waals surface area contributed by atoms with Crippen LogP contribution in [0.25, 0.3) is 0 Å². The number of likely N-dealkylation sites (tertiary alicyclic amines) is 1. The van der Waals surface area contributed by atoms with Crippen molar-refractivity contribution in [2.45, 2.75) is 32.4 Å². The summed E-state index contributed by atoms with van der Waals surface area (Å²) in [5.74, 6) is -0.324. The fourth-order valence-electron chi connectivity index (χ4n) is 3.20. The van der Waals surface area contributed by atoms with Gasteiger partial charge in [0.2, 0.25) is 0 Å². The Morgan fingerprint density at radius 3 is 2.96 bits per heavy atom. The molecule has 1 N–H and O–H groups in total. The molecule has 0 spiro atoms. The monoisotopic (exact) mass is 331 g/mol. The molecule has 3 rings (SSSR count). The van der Waals surface area contributed by atoms with Crippen LogP contribution in [0.3, 0.4) is 0 Å². The molecule has 1 aliphatic heterocycles. The van der Waals surface area contributed by atoms with E-state index in [1.165, 1.54) is 12.1 Å². The Labute approximate surface area is 140 Å². The maximum atomic E-state index is 13.3. The minimum Gasteiger partial charge on any atom is -0.391 e. The van der Waals surface area contributed by atoms with Crippen LogP contribution in [-0.2, 0) is 13.0 Å². The van der Waals surface area contributed by atoms with Crippen LogP contribution in [0.5, 0.6) is 0 Å². The maximum Gasteiger partial charge on any atom is 0.257 e. The Morgan fingerprint density at radius 1 is 1.46 bits per heavy atom. The molecule has 1 aromatic carbocycles. The molecule has 128 valence electrons. The molecular weight excluding hydrogens is 309 g/mol.